The second-order valence-corrected chi connectivity index (χ2v) is 5.23. The molecule has 1 heterocycles. The first-order valence-corrected chi connectivity index (χ1v) is 6.94. The molecule has 21 heavy (non-hydrogen) atoms. The quantitative estimate of drug-likeness (QED) is 0.622. The molecule has 3 rings (SSSR count). The topological polar surface area (TPSA) is 22.4 Å². The molecule has 3 aromatic rings. The number of rotatable bonds is 3. The highest BCUT2D eigenvalue weighted by molar-refractivity contribution is 7.71. The monoisotopic (exact) mass is 300 g/mol. The van der Waals surface area contributed by atoms with E-state index in [0.29, 0.717) is 22.6 Å². The summed E-state index contributed by atoms with van der Waals surface area (Å²) in [7, 11) is 0. The van der Waals surface area contributed by atoms with Crippen molar-refractivity contribution in [3.8, 4) is 5.75 Å². The SMILES string of the molecule is Cc1cc(=S)oc2cc(OCc3cccc(F)c3)ccc12. The normalized spacial score (nSPS) is 10.8. The Morgan fingerprint density at radius 1 is 1.14 bits per heavy atom. The van der Waals surface area contributed by atoms with Gasteiger partial charge in [-0.15, -0.1) is 0 Å². The van der Waals surface area contributed by atoms with Gasteiger partial charge in [-0.2, -0.15) is 0 Å². The van der Waals surface area contributed by atoms with Gasteiger partial charge in [0.25, 0.3) is 0 Å². The van der Waals surface area contributed by atoms with Crippen molar-refractivity contribution in [2.24, 2.45) is 0 Å². The molecule has 0 spiro atoms. The first-order chi connectivity index (χ1) is 10.1. The summed E-state index contributed by atoms with van der Waals surface area (Å²) in [6.07, 6.45) is 0. The van der Waals surface area contributed by atoms with Crippen molar-refractivity contribution in [2.45, 2.75) is 13.5 Å². The van der Waals surface area contributed by atoms with E-state index in [4.69, 9.17) is 21.4 Å². The molecule has 0 unspecified atom stereocenters. The van der Waals surface area contributed by atoms with Crippen LogP contribution < -0.4 is 4.74 Å². The maximum absolute atomic E-state index is 13.1. The average molecular weight is 300 g/mol. The lowest BCUT2D eigenvalue weighted by molar-refractivity contribution is 0.305. The third kappa shape index (κ3) is 3.11. The van der Waals surface area contributed by atoms with Crippen molar-refractivity contribution in [3.05, 3.63) is 70.2 Å². The highest BCUT2D eigenvalue weighted by atomic mass is 32.1. The van der Waals surface area contributed by atoms with Gasteiger partial charge in [0.1, 0.15) is 23.8 Å². The van der Waals surface area contributed by atoms with Gasteiger partial charge in [-0.05, 0) is 60.6 Å². The molecule has 0 saturated carbocycles. The smallest absolute Gasteiger partial charge is 0.191 e. The maximum atomic E-state index is 13.1. The number of aryl methyl sites for hydroxylation is 1. The summed E-state index contributed by atoms with van der Waals surface area (Å²) < 4.78 is 24.8. The third-order valence-electron chi connectivity index (χ3n) is 3.22. The fourth-order valence-electron chi connectivity index (χ4n) is 2.19. The minimum atomic E-state index is -0.268. The molecule has 0 aliphatic rings. The van der Waals surface area contributed by atoms with Gasteiger partial charge in [-0.25, -0.2) is 4.39 Å². The Bertz CT molecular complexity index is 855. The zero-order valence-corrected chi connectivity index (χ0v) is 12.2. The maximum Gasteiger partial charge on any atom is 0.191 e. The summed E-state index contributed by atoms with van der Waals surface area (Å²) >= 11 is 5.08. The van der Waals surface area contributed by atoms with Crippen LogP contribution in [-0.2, 0) is 6.61 Å². The van der Waals surface area contributed by atoms with Gasteiger partial charge in [0.2, 0.25) is 0 Å². The molecule has 0 aliphatic carbocycles. The lowest BCUT2D eigenvalue weighted by Crippen LogP contribution is -1.96. The van der Waals surface area contributed by atoms with Crippen LogP contribution in [0.15, 0.2) is 52.9 Å². The Kier molecular flexibility index (Phi) is 3.71. The summed E-state index contributed by atoms with van der Waals surface area (Å²) in [4.78, 5) is 0. The van der Waals surface area contributed by atoms with Crippen molar-refractivity contribution in [2.75, 3.05) is 0 Å². The highest BCUT2D eigenvalue weighted by Crippen LogP contribution is 2.24. The molecule has 0 amide bonds. The van der Waals surface area contributed by atoms with Gasteiger partial charge >= 0.3 is 0 Å². The predicted octanol–water partition coefficient (Wildman–Crippen LogP) is 5.19. The fourth-order valence-corrected chi connectivity index (χ4v) is 2.46. The van der Waals surface area contributed by atoms with Crippen LogP contribution in [0.3, 0.4) is 0 Å². The summed E-state index contributed by atoms with van der Waals surface area (Å²) in [5, 5.41) is 1.00. The van der Waals surface area contributed by atoms with Crippen LogP contribution in [-0.4, -0.2) is 0 Å². The summed E-state index contributed by atoms with van der Waals surface area (Å²) in [6.45, 7) is 2.29. The van der Waals surface area contributed by atoms with Crippen LogP contribution in [0.1, 0.15) is 11.1 Å². The first-order valence-electron chi connectivity index (χ1n) is 6.53. The van der Waals surface area contributed by atoms with E-state index in [2.05, 4.69) is 0 Å². The van der Waals surface area contributed by atoms with Crippen molar-refractivity contribution < 1.29 is 13.5 Å². The average Bonchev–Trinajstić information content (AvgIpc) is 2.44. The molecule has 2 nitrogen and oxygen atoms in total. The van der Waals surface area contributed by atoms with E-state index < -0.39 is 0 Å². The number of halogens is 1. The molecule has 0 fully saturated rings. The van der Waals surface area contributed by atoms with E-state index in [9.17, 15) is 4.39 Å². The minimum Gasteiger partial charge on any atom is -0.489 e. The molecular weight excluding hydrogens is 287 g/mol. The van der Waals surface area contributed by atoms with Crippen molar-refractivity contribution >= 4 is 23.2 Å². The van der Waals surface area contributed by atoms with Gasteiger partial charge in [-0.3, -0.25) is 0 Å². The number of hydrogen-bond acceptors (Lipinski definition) is 3. The van der Waals surface area contributed by atoms with E-state index in [-0.39, 0.29) is 5.82 Å². The highest BCUT2D eigenvalue weighted by Gasteiger charge is 2.04. The van der Waals surface area contributed by atoms with Gasteiger partial charge in [0.05, 0.1) is 0 Å². The molecule has 1 aromatic heterocycles. The van der Waals surface area contributed by atoms with Crippen LogP contribution in [0.2, 0.25) is 0 Å². The van der Waals surface area contributed by atoms with Crippen molar-refractivity contribution in [3.63, 3.8) is 0 Å². The van der Waals surface area contributed by atoms with E-state index >= 15 is 0 Å². The van der Waals surface area contributed by atoms with E-state index in [1.807, 2.05) is 31.2 Å². The third-order valence-corrected chi connectivity index (χ3v) is 3.42. The molecule has 0 N–H and O–H groups in total. The molecule has 0 radical (unpaired) electrons. The minimum absolute atomic E-state index is 0.268. The fraction of sp³-hybridized carbons (Fsp3) is 0.118. The lowest BCUT2D eigenvalue weighted by atomic mass is 10.1. The Hall–Kier alpha value is -2.20. The second kappa shape index (κ2) is 5.66. The molecule has 106 valence electrons. The molecule has 0 saturated heterocycles. The molecule has 4 heteroatoms. The van der Waals surface area contributed by atoms with Gasteiger partial charge in [-0.1, -0.05) is 12.1 Å². The summed E-state index contributed by atoms with van der Waals surface area (Å²) in [6, 6.07) is 13.8. The Morgan fingerprint density at radius 3 is 2.81 bits per heavy atom. The number of fused-ring (bicyclic) bond motifs is 1. The van der Waals surface area contributed by atoms with Crippen LogP contribution in [0, 0.1) is 17.4 Å². The van der Waals surface area contributed by atoms with E-state index in [0.717, 1.165) is 16.5 Å². The summed E-state index contributed by atoms with van der Waals surface area (Å²) in [5.41, 5.74) is 2.54. The molecule has 2 aromatic carbocycles. The Balaban J connectivity index is 1.86. The number of ether oxygens (including phenoxy) is 1. The largest absolute Gasteiger partial charge is 0.489 e. The van der Waals surface area contributed by atoms with Gasteiger partial charge in [0.15, 0.2) is 4.71 Å². The zero-order valence-electron chi connectivity index (χ0n) is 11.4. The second-order valence-electron chi connectivity index (χ2n) is 4.83. The molecule has 0 aliphatic heterocycles. The van der Waals surface area contributed by atoms with Crippen molar-refractivity contribution in [1.29, 1.82) is 0 Å². The standard InChI is InChI=1S/C17H13FO2S/c1-11-7-17(21)20-16-9-14(5-6-15(11)16)19-10-12-3-2-4-13(18)8-12/h2-9H,10H2,1H3. The number of hydrogen-bond donors (Lipinski definition) is 0. The van der Waals surface area contributed by atoms with E-state index in [1.54, 1.807) is 12.1 Å². The number of benzene rings is 2. The lowest BCUT2D eigenvalue weighted by Gasteiger charge is -2.08. The molecule has 0 bridgehead atoms. The zero-order chi connectivity index (χ0) is 14.8. The van der Waals surface area contributed by atoms with Crippen LogP contribution in [0.5, 0.6) is 5.75 Å². The van der Waals surface area contributed by atoms with Crippen LogP contribution in [0.25, 0.3) is 11.0 Å². The van der Waals surface area contributed by atoms with Gasteiger partial charge in [0, 0.05) is 11.5 Å². The first kappa shape index (κ1) is 13.8. The van der Waals surface area contributed by atoms with Crippen molar-refractivity contribution in [1.82, 2.24) is 0 Å². The molecular formula is C17H13FO2S. The predicted molar refractivity (Wildman–Crippen MR) is 82.5 cm³/mol. The van der Waals surface area contributed by atoms with Gasteiger partial charge < -0.3 is 9.15 Å². The van der Waals surface area contributed by atoms with E-state index in [1.165, 1.54) is 12.1 Å². The van der Waals surface area contributed by atoms with Crippen LogP contribution >= 0.6 is 12.2 Å². The molecule has 0 atom stereocenters. The van der Waals surface area contributed by atoms with Crippen LogP contribution in [0.4, 0.5) is 4.39 Å². The summed E-state index contributed by atoms with van der Waals surface area (Å²) in [5.74, 6) is 0.395. The Labute approximate surface area is 126 Å². The Morgan fingerprint density at radius 2 is 2.00 bits per heavy atom.